The molecule has 0 spiro atoms. The SMILES string of the molecule is Cc1cc(C)nc(SCc2ccc(C(=O)NNC(=O)c3cc(Cl)ccc3Cl)cc2)n1. The maximum atomic E-state index is 12.3. The van der Waals surface area contributed by atoms with Crippen molar-refractivity contribution >= 4 is 46.8 Å². The molecule has 0 radical (unpaired) electrons. The lowest BCUT2D eigenvalue weighted by atomic mass is 10.1. The first-order chi connectivity index (χ1) is 14.3. The maximum Gasteiger partial charge on any atom is 0.271 e. The van der Waals surface area contributed by atoms with Gasteiger partial charge in [-0.15, -0.1) is 0 Å². The molecule has 1 aromatic heterocycles. The fourth-order valence-corrected chi connectivity index (χ4v) is 3.86. The Balaban J connectivity index is 1.55. The van der Waals surface area contributed by atoms with Crippen molar-refractivity contribution in [3.63, 3.8) is 0 Å². The molecule has 0 saturated heterocycles. The molecule has 3 rings (SSSR count). The number of nitrogens with zero attached hydrogens (tertiary/aromatic N) is 2. The van der Waals surface area contributed by atoms with E-state index in [1.165, 1.54) is 23.9 Å². The van der Waals surface area contributed by atoms with E-state index in [1.54, 1.807) is 18.2 Å². The lowest BCUT2D eigenvalue weighted by Crippen LogP contribution is -2.41. The standard InChI is InChI=1S/C21H18Cl2N4O2S/c1-12-9-13(2)25-21(24-12)30-11-14-3-5-15(6-4-14)19(28)26-27-20(29)17-10-16(22)7-8-18(17)23/h3-10H,11H2,1-2H3,(H,26,28)(H,27,29). The second-order valence-electron chi connectivity index (χ2n) is 6.45. The van der Waals surface area contributed by atoms with E-state index in [0.717, 1.165) is 22.1 Å². The molecule has 2 amide bonds. The molecular formula is C21H18Cl2N4O2S. The number of hydrazine groups is 1. The van der Waals surface area contributed by atoms with Gasteiger partial charge < -0.3 is 0 Å². The lowest BCUT2D eigenvalue weighted by Gasteiger charge is -2.09. The normalized spacial score (nSPS) is 10.5. The van der Waals surface area contributed by atoms with Crippen LogP contribution in [0.25, 0.3) is 0 Å². The second kappa shape index (κ2) is 9.93. The van der Waals surface area contributed by atoms with Crippen LogP contribution in [0.15, 0.2) is 53.7 Å². The lowest BCUT2D eigenvalue weighted by molar-refractivity contribution is 0.0847. The van der Waals surface area contributed by atoms with E-state index in [-0.39, 0.29) is 10.6 Å². The number of amides is 2. The number of carbonyl (C=O) groups is 2. The van der Waals surface area contributed by atoms with Crippen molar-refractivity contribution in [1.29, 1.82) is 0 Å². The van der Waals surface area contributed by atoms with Crippen LogP contribution in [0.3, 0.4) is 0 Å². The number of benzene rings is 2. The third-order valence-corrected chi connectivity index (χ3v) is 5.49. The molecule has 2 aromatic carbocycles. The first-order valence-electron chi connectivity index (χ1n) is 8.91. The van der Waals surface area contributed by atoms with Gasteiger partial charge in [0.25, 0.3) is 11.8 Å². The fourth-order valence-electron chi connectivity index (χ4n) is 2.58. The Morgan fingerprint density at radius 3 is 2.20 bits per heavy atom. The monoisotopic (exact) mass is 460 g/mol. The molecule has 0 fully saturated rings. The minimum atomic E-state index is -0.558. The van der Waals surface area contributed by atoms with Gasteiger partial charge >= 0.3 is 0 Å². The van der Waals surface area contributed by atoms with Crippen LogP contribution in [0.1, 0.15) is 37.7 Å². The van der Waals surface area contributed by atoms with Crippen LogP contribution in [0.5, 0.6) is 0 Å². The fraction of sp³-hybridized carbons (Fsp3) is 0.143. The van der Waals surface area contributed by atoms with Crippen molar-refractivity contribution in [2.75, 3.05) is 0 Å². The molecule has 6 nitrogen and oxygen atoms in total. The van der Waals surface area contributed by atoms with Crippen molar-refractivity contribution in [3.05, 3.63) is 86.7 Å². The number of thioether (sulfide) groups is 1. The molecule has 0 saturated carbocycles. The Hall–Kier alpha value is -2.61. The largest absolute Gasteiger partial charge is 0.271 e. The van der Waals surface area contributed by atoms with Crippen molar-refractivity contribution in [1.82, 2.24) is 20.8 Å². The van der Waals surface area contributed by atoms with Gasteiger partial charge in [-0.1, -0.05) is 47.1 Å². The van der Waals surface area contributed by atoms with Crippen LogP contribution >= 0.6 is 35.0 Å². The smallest absolute Gasteiger partial charge is 0.267 e. The predicted molar refractivity (Wildman–Crippen MR) is 119 cm³/mol. The topological polar surface area (TPSA) is 84.0 Å². The minimum absolute atomic E-state index is 0.172. The van der Waals surface area contributed by atoms with Gasteiger partial charge in [0.2, 0.25) is 0 Å². The van der Waals surface area contributed by atoms with Gasteiger partial charge in [0.15, 0.2) is 5.16 Å². The molecule has 2 N–H and O–H groups in total. The number of halogens is 2. The summed E-state index contributed by atoms with van der Waals surface area (Å²) >= 11 is 13.4. The Morgan fingerprint density at radius 2 is 1.53 bits per heavy atom. The Kier molecular flexibility index (Phi) is 7.31. The quantitative estimate of drug-likeness (QED) is 0.325. The van der Waals surface area contributed by atoms with E-state index < -0.39 is 11.8 Å². The molecule has 1 heterocycles. The van der Waals surface area contributed by atoms with Crippen molar-refractivity contribution in [2.24, 2.45) is 0 Å². The first kappa shape index (κ1) is 22.1. The maximum absolute atomic E-state index is 12.3. The average molecular weight is 461 g/mol. The number of hydrogen-bond acceptors (Lipinski definition) is 5. The van der Waals surface area contributed by atoms with E-state index in [9.17, 15) is 9.59 Å². The summed E-state index contributed by atoms with van der Waals surface area (Å²) in [6.45, 7) is 3.87. The van der Waals surface area contributed by atoms with Gasteiger partial charge in [-0.3, -0.25) is 20.4 Å². The average Bonchev–Trinajstić information content (AvgIpc) is 2.71. The van der Waals surface area contributed by atoms with Crippen LogP contribution in [-0.2, 0) is 5.75 Å². The predicted octanol–water partition coefficient (Wildman–Crippen LogP) is 4.77. The van der Waals surface area contributed by atoms with Gasteiger partial charge in [0.1, 0.15) is 0 Å². The highest BCUT2D eigenvalue weighted by Gasteiger charge is 2.13. The molecule has 3 aromatic rings. The van der Waals surface area contributed by atoms with E-state index in [0.29, 0.717) is 16.3 Å². The van der Waals surface area contributed by atoms with Gasteiger partial charge in [-0.25, -0.2) is 9.97 Å². The molecular weight excluding hydrogens is 443 g/mol. The Bertz CT molecular complexity index is 1070. The van der Waals surface area contributed by atoms with Crippen molar-refractivity contribution in [2.45, 2.75) is 24.8 Å². The van der Waals surface area contributed by atoms with Crippen LogP contribution < -0.4 is 10.9 Å². The van der Waals surface area contributed by atoms with Crippen LogP contribution in [0.2, 0.25) is 10.0 Å². The van der Waals surface area contributed by atoms with E-state index in [1.807, 2.05) is 32.0 Å². The number of aryl methyl sites for hydroxylation is 2. The summed E-state index contributed by atoms with van der Waals surface area (Å²) < 4.78 is 0. The van der Waals surface area contributed by atoms with Gasteiger partial charge in [0.05, 0.1) is 10.6 Å². The van der Waals surface area contributed by atoms with Crippen molar-refractivity contribution < 1.29 is 9.59 Å². The van der Waals surface area contributed by atoms with Gasteiger partial charge in [0, 0.05) is 27.7 Å². The third kappa shape index (κ3) is 5.95. The van der Waals surface area contributed by atoms with E-state index in [2.05, 4.69) is 20.8 Å². The zero-order valence-corrected chi connectivity index (χ0v) is 18.5. The minimum Gasteiger partial charge on any atom is -0.267 e. The van der Waals surface area contributed by atoms with Crippen LogP contribution in [0, 0.1) is 13.8 Å². The number of nitrogens with one attached hydrogen (secondary N) is 2. The van der Waals surface area contributed by atoms with E-state index >= 15 is 0 Å². The summed E-state index contributed by atoms with van der Waals surface area (Å²) in [6, 6.07) is 13.5. The summed E-state index contributed by atoms with van der Waals surface area (Å²) in [4.78, 5) is 33.3. The van der Waals surface area contributed by atoms with Crippen LogP contribution in [-0.4, -0.2) is 21.8 Å². The molecule has 0 unspecified atom stereocenters. The molecule has 154 valence electrons. The molecule has 0 bridgehead atoms. The Morgan fingerprint density at radius 1 is 0.900 bits per heavy atom. The first-order valence-corrected chi connectivity index (χ1v) is 10.7. The molecule has 0 aliphatic carbocycles. The molecule has 9 heteroatoms. The zero-order valence-electron chi connectivity index (χ0n) is 16.2. The number of hydrogen-bond donors (Lipinski definition) is 2. The van der Waals surface area contributed by atoms with Crippen LogP contribution in [0.4, 0.5) is 0 Å². The highest BCUT2D eigenvalue weighted by Crippen LogP contribution is 2.21. The number of rotatable bonds is 5. The Labute approximate surface area is 188 Å². The van der Waals surface area contributed by atoms with Gasteiger partial charge in [-0.2, -0.15) is 0 Å². The second-order valence-corrected chi connectivity index (χ2v) is 8.24. The summed E-state index contributed by atoms with van der Waals surface area (Å²) in [5.41, 5.74) is 8.16. The summed E-state index contributed by atoms with van der Waals surface area (Å²) in [5, 5.41) is 1.33. The highest BCUT2D eigenvalue weighted by molar-refractivity contribution is 7.98. The molecule has 0 aliphatic heterocycles. The zero-order chi connectivity index (χ0) is 21.7. The highest BCUT2D eigenvalue weighted by atomic mass is 35.5. The number of aromatic nitrogens is 2. The summed E-state index contributed by atoms with van der Waals surface area (Å²) in [7, 11) is 0. The summed E-state index contributed by atoms with van der Waals surface area (Å²) in [5.74, 6) is -0.329. The molecule has 30 heavy (non-hydrogen) atoms. The number of carbonyl (C=O) groups excluding carboxylic acids is 2. The van der Waals surface area contributed by atoms with Crippen molar-refractivity contribution in [3.8, 4) is 0 Å². The van der Waals surface area contributed by atoms with E-state index in [4.69, 9.17) is 23.2 Å². The summed E-state index contributed by atoms with van der Waals surface area (Å²) in [6.07, 6.45) is 0. The third-order valence-electron chi connectivity index (χ3n) is 4.01. The molecule has 0 atom stereocenters. The van der Waals surface area contributed by atoms with Gasteiger partial charge in [-0.05, 0) is 55.8 Å². The molecule has 0 aliphatic rings.